The average molecular weight is 274 g/mol. The van der Waals surface area contributed by atoms with Gasteiger partial charge < -0.3 is 0 Å². The van der Waals surface area contributed by atoms with Crippen molar-refractivity contribution < 1.29 is 12.6 Å². The van der Waals surface area contributed by atoms with Crippen molar-refractivity contribution in [3.63, 3.8) is 0 Å². The smallest absolute Gasteiger partial charge is 0.258 e. The van der Waals surface area contributed by atoms with Gasteiger partial charge in [0.2, 0.25) is 0 Å². The molecule has 80 valence electrons. The van der Waals surface area contributed by atoms with Crippen molar-refractivity contribution in [3.8, 4) is 0 Å². The van der Waals surface area contributed by atoms with E-state index in [0.717, 1.165) is 6.42 Å². The van der Waals surface area contributed by atoms with E-state index in [2.05, 4.69) is 24.8 Å². The molecule has 1 atom stereocenters. The zero-order chi connectivity index (χ0) is 10.5. The summed E-state index contributed by atoms with van der Waals surface area (Å²) in [5.74, 6) is 0. The van der Waals surface area contributed by atoms with E-state index in [9.17, 15) is 8.42 Å². The predicted octanol–water partition coefficient (Wildman–Crippen LogP) is 1.42. The van der Waals surface area contributed by atoms with Gasteiger partial charge in [-0.3, -0.25) is 4.18 Å². The van der Waals surface area contributed by atoms with Crippen LogP contribution in [0.3, 0.4) is 0 Å². The highest BCUT2D eigenvalue weighted by Crippen LogP contribution is 2.25. The number of nitrogens with one attached hydrogen (secondary N) is 1. The maximum absolute atomic E-state index is 10.8. The first-order valence-electron chi connectivity index (χ1n) is 4.10. The number of hydrogen-bond donors (Lipinski definition) is 1. The lowest BCUT2D eigenvalue weighted by Gasteiger charge is -2.19. The second-order valence-electron chi connectivity index (χ2n) is 3.00. The predicted molar refractivity (Wildman–Crippen MR) is 56.2 cm³/mol. The summed E-state index contributed by atoms with van der Waals surface area (Å²) < 4.78 is 28.3. The fourth-order valence-electron chi connectivity index (χ4n) is 0.600. The lowest BCUT2D eigenvalue weighted by atomic mass is 10.1. The quantitative estimate of drug-likeness (QED) is 0.745. The molecule has 0 bridgehead atoms. The van der Waals surface area contributed by atoms with E-state index in [4.69, 9.17) is 0 Å². The summed E-state index contributed by atoms with van der Waals surface area (Å²) >= 11 is 3.48. The molecule has 6 heteroatoms. The van der Waals surface area contributed by atoms with Gasteiger partial charge in [0.05, 0.1) is 6.61 Å². The molecule has 0 fully saturated rings. The van der Waals surface area contributed by atoms with Gasteiger partial charge in [0.1, 0.15) is 0 Å². The van der Waals surface area contributed by atoms with E-state index in [1.165, 1.54) is 7.05 Å². The second-order valence-corrected chi connectivity index (χ2v) is 6.46. The topological polar surface area (TPSA) is 55.4 Å². The van der Waals surface area contributed by atoms with Crippen LogP contribution in [0.5, 0.6) is 0 Å². The minimum atomic E-state index is -3.52. The molecule has 0 heterocycles. The Labute approximate surface area is 88.4 Å². The van der Waals surface area contributed by atoms with E-state index >= 15 is 0 Å². The Kier molecular flexibility index (Phi) is 5.43. The Balaban J connectivity index is 3.81. The third-order valence-electron chi connectivity index (χ3n) is 1.85. The van der Waals surface area contributed by atoms with Crippen LogP contribution in [-0.4, -0.2) is 26.4 Å². The molecular weight excluding hydrogens is 258 g/mol. The van der Waals surface area contributed by atoms with Gasteiger partial charge in [-0.2, -0.15) is 13.1 Å². The highest BCUT2D eigenvalue weighted by molar-refractivity contribution is 9.10. The van der Waals surface area contributed by atoms with Gasteiger partial charge in [-0.25, -0.2) is 0 Å². The van der Waals surface area contributed by atoms with E-state index < -0.39 is 10.3 Å². The lowest BCUT2D eigenvalue weighted by molar-refractivity contribution is 0.292. The molecule has 0 radical (unpaired) electrons. The van der Waals surface area contributed by atoms with Crippen LogP contribution < -0.4 is 4.72 Å². The van der Waals surface area contributed by atoms with Crippen LogP contribution in [0.1, 0.15) is 26.7 Å². The number of hydrogen-bond acceptors (Lipinski definition) is 3. The van der Waals surface area contributed by atoms with E-state index in [-0.39, 0.29) is 10.9 Å². The summed E-state index contributed by atoms with van der Waals surface area (Å²) in [6.45, 7) is 4.22. The minimum absolute atomic E-state index is 0.0454. The standard InChI is InChI=1S/C7H16BrNO3S/c1-4-7(2,8)5-6-12-13(10,11)9-3/h9H,4-6H2,1-3H3. The Morgan fingerprint density at radius 1 is 1.54 bits per heavy atom. The number of halogens is 1. The van der Waals surface area contributed by atoms with E-state index in [0.29, 0.717) is 6.42 Å². The molecule has 4 nitrogen and oxygen atoms in total. The van der Waals surface area contributed by atoms with Gasteiger partial charge in [-0.15, -0.1) is 0 Å². The fourth-order valence-corrected chi connectivity index (χ4v) is 1.18. The van der Waals surface area contributed by atoms with Crippen LogP contribution in [0, 0.1) is 0 Å². The zero-order valence-corrected chi connectivity index (χ0v) is 10.5. The van der Waals surface area contributed by atoms with E-state index in [1.807, 2.05) is 13.8 Å². The number of alkyl halides is 1. The van der Waals surface area contributed by atoms with Crippen LogP contribution in [0.25, 0.3) is 0 Å². The number of rotatable bonds is 6. The molecule has 13 heavy (non-hydrogen) atoms. The van der Waals surface area contributed by atoms with Crippen LogP contribution in [0.15, 0.2) is 0 Å². The van der Waals surface area contributed by atoms with Crippen molar-refractivity contribution in [2.45, 2.75) is 31.0 Å². The van der Waals surface area contributed by atoms with Crippen LogP contribution in [0.2, 0.25) is 0 Å². The summed E-state index contributed by atoms with van der Waals surface area (Å²) in [4.78, 5) is 0. The molecule has 0 aromatic carbocycles. The molecule has 0 aromatic heterocycles. The highest BCUT2D eigenvalue weighted by atomic mass is 79.9. The van der Waals surface area contributed by atoms with Crippen molar-refractivity contribution in [1.29, 1.82) is 0 Å². The van der Waals surface area contributed by atoms with Crippen molar-refractivity contribution >= 4 is 26.2 Å². The maximum atomic E-state index is 10.8. The van der Waals surface area contributed by atoms with Crippen molar-refractivity contribution in [1.82, 2.24) is 4.72 Å². The molecule has 1 N–H and O–H groups in total. The first-order chi connectivity index (χ1) is 5.83. The normalized spacial score (nSPS) is 16.9. The van der Waals surface area contributed by atoms with Gasteiger partial charge in [-0.05, 0) is 19.8 Å². The lowest BCUT2D eigenvalue weighted by Crippen LogP contribution is -2.24. The third kappa shape index (κ3) is 6.42. The molecule has 0 saturated carbocycles. The summed E-state index contributed by atoms with van der Waals surface area (Å²) in [7, 11) is -2.20. The summed E-state index contributed by atoms with van der Waals surface area (Å²) in [5.41, 5.74) is 0. The molecule has 0 aliphatic rings. The van der Waals surface area contributed by atoms with Gasteiger partial charge in [-0.1, -0.05) is 22.9 Å². The fraction of sp³-hybridized carbons (Fsp3) is 1.00. The first-order valence-corrected chi connectivity index (χ1v) is 6.30. The summed E-state index contributed by atoms with van der Waals surface area (Å²) in [5, 5.41) is 0. The Morgan fingerprint density at radius 2 is 2.08 bits per heavy atom. The molecule has 0 aromatic rings. The molecule has 0 spiro atoms. The molecule has 0 rings (SSSR count). The van der Waals surface area contributed by atoms with Crippen molar-refractivity contribution in [3.05, 3.63) is 0 Å². The molecule has 0 aliphatic carbocycles. The average Bonchev–Trinajstić information content (AvgIpc) is 2.04. The molecule has 0 aliphatic heterocycles. The third-order valence-corrected chi connectivity index (χ3v) is 3.78. The van der Waals surface area contributed by atoms with Crippen molar-refractivity contribution in [2.24, 2.45) is 0 Å². The van der Waals surface area contributed by atoms with Crippen LogP contribution >= 0.6 is 15.9 Å². The molecule has 0 saturated heterocycles. The summed E-state index contributed by atoms with van der Waals surface area (Å²) in [6, 6.07) is 0. The van der Waals surface area contributed by atoms with Crippen LogP contribution in [0.4, 0.5) is 0 Å². The maximum Gasteiger partial charge on any atom is 0.335 e. The van der Waals surface area contributed by atoms with Gasteiger partial charge in [0.25, 0.3) is 0 Å². The van der Waals surface area contributed by atoms with Gasteiger partial charge >= 0.3 is 10.3 Å². The van der Waals surface area contributed by atoms with Crippen molar-refractivity contribution in [2.75, 3.05) is 13.7 Å². The Hall–Kier alpha value is 0.350. The zero-order valence-electron chi connectivity index (χ0n) is 8.13. The molecular formula is C7H16BrNO3S. The Morgan fingerprint density at radius 3 is 2.46 bits per heavy atom. The second kappa shape index (κ2) is 5.29. The van der Waals surface area contributed by atoms with Gasteiger partial charge in [0, 0.05) is 11.4 Å². The SMILES string of the molecule is CCC(C)(Br)CCOS(=O)(=O)NC. The Bertz CT molecular complexity index is 238. The molecule has 1 unspecified atom stereocenters. The first kappa shape index (κ1) is 13.4. The monoisotopic (exact) mass is 273 g/mol. The minimum Gasteiger partial charge on any atom is -0.258 e. The highest BCUT2D eigenvalue weighted by Gasteiger charge is 2.18. The van der Waals surface area contributed by atoms with Crippen LogP contribution in [-0.2, 0) is 14.5 Å². The largest absolute Gasteiger partial charge is 0.335 e. The van der Waals surface area contributed by atoms with Gasteiger partial charge in [0.15, 0.2) is 0 Å². The van der Waals surface area contributed by atoms with E-state index in [1.54, 1.807) is 0 Å². The summed E-state index contributed by atoms with van der Waals surface area (Å²) in [6.07, 6.45) is 1.58. The molecule has 0 amide bonds.